The summed E-state index contributed by atoms with van der Waals surface area (Å²) < 4.78 is 2.04. The van der Waals surface area contributed by atoms with Crippen LogP contribution >= 0.6 is 0 Å². The maximum Gasteiger partial charge on any atom is 0.152 e. The van der Waals surface area contributed by atoms with Gasteiger partial charge in [-0.1, -0.05) is 19.1 Å². The zero-order valence-corrected chi connectivity index (χ0v) is 9.90. The number of fused-ring (bicyclic) bond motifs is 1. The smallest absolute Gasteiger partial charge is 0.152 e. The van der Waals surface area contributed by atoms with E-state index in [1.165, 1.54) is 0 Å². The Morgan fingerprint density at radius 3 is 2.75 bits per heavy atom. The highest BCUT2D eigenvalue weighted by atomic mass is 16.1. The van der Waals surface area contributed by atoms with Crippen LogP contribution in [0, 0.1) is 0 Å². The van der Waals surface area contributed by atoms with Crippen molar-refractivity contribution in [1.82, 2.24) is 9.55 Å². The van der Waals surface area contributed by atoms with Crippen LogP contribution in [-0.4, -0.2) is 15.3 Å². The number of imidazole rings is 1. The van der Waals surface area contributed by atoms with Crippen LogP contribution in [0.5, 0.6) is 0 Å². The van der Waals surface area contributed by atoms with E-state index in [2.05, 4.69) is 11.9 Å². The first-order valence-electron chi connectivity index (χ1n) is 5.61. The standard InChI is InChI=1S/C13H16N2O/c1-4-13-14-11-7-5-6-8-12(11)15(13)9(2)10(3)16/h5-9H,4H2,1-3H3. The number of ketones is 1. The van der Waals surface area contributed by atoms with Crippen molar-refractivity contribution in [3.05, 3.63) is 30.1 Å². The molecule has 0 saturated carbocycles. The van der Waals surface area contributed by atoms with E-state index in [1.807, 2.05) is 35.8 Å². The number of hydrogen-bond acceptors (Lipinski definition) is 2. The number of carbonyl (C=O) groups excluding carboxylic acids is 1. The molecule has 0 saturated heterocycles. The lowest BCUT2D eigenvalue weighted by Gasteiger charge is -2.13. The minimum atomic E-state index is -0.137. The van der Waals surface area contributed by atoms with E-state index in [9.17, 15) is 4.79 Å². The number of nitrogens with zero attached hydrogens (tertiary/aromatic N) is 2. The Morgan fingerprint density at radius 1 is 1.44 bits per heavy atom. The van der Waals surface area contributed by atoms with E-state index in [0.717, 1.165) is 23.3 Å². The van der Waals surface area contributed by atoms with Crippen molar-refractivity contribution in [2.75, 3.05) is 0 Å². The Hall–Kier alpha value is -1.64. The number of benzene rings is 1. The molecule has 84 valence electrons. The van der Waals surface area contributed by atoms with Gasteiger partial charge in [-0.05, 0) is 26.0 Å². The minimum Gasteiger partial charge on any atom is -0.318 e. The van der Waals surface area contributed by atoms with Gasteiger partial charge in [0.25, 0.3) is 0 Å². The summed E-state index contributed by atoms with van der Waals surface area (Å²) in [6.45, 7) is 5.61. The van der Waals surface area contributed by atoms with Crippen molar-refractivity contribution in [2.24, 2.45) is 0 Å². The lowest BCUT2D eigenvalue weighted by Crippen LogP contribution is -2.15. The first kappa shape index (κ1) is 10.9. The van der Waals surface area contributed by atoms with E-state index < -0.39 is 0 Å². The van der Waals surface area contributed by atoms with E-state index in [1.54, 1.807) is 6.92 Å². The number of para-hydroxylation sites is 2. The van der Waals surface area contributed by atoms with Crippen LogP contribution in [-0.2, 0) is 11.2 Å². The molecule has 0 fully saturated rings. The van der Waals surface area contributed by atoms with Crippen molar-refractivity contribution in [1.29, 1.82) is 0 Å². The first-order valence-corrected chi connectivity index (χ1v) is 5.61. The molecule has 0 radical (unpaired) electrons. The van der Waals surface area contributed by atoms with Gasteiger partial charge in [-0.2, -0.15) is 0 Å². The zero-order chi connectivity index (χ0) is 11.7. The summed E-state index contributed by atoms with van der Waals surface area (Å²) in [6.07, 6.45) is 0.840. The van der Waals surface area contributed by atoms with Crippen LogP contribution in [0.25, 0.3) is 11.0 Å². The molecular weight excluding hydrogens is 200 g/mol. The molecule has 0 aliphatic heterocycles. The van der Waals surface area contributed by atoms with Gasteiger partial charge in [-0.3, -0.25) is 4.79 Å². The SMILES string of the molecule is CCc1nc2ccccc2n1C(C)C(C)=O. The maximum atomic E-state index is 11.5. The van der Waals surface area contributed by atoms with Crippen molar-refractivity contribution in [2.45, 2.75) is 33.2 Å². The number of Topliss-reactive ketones (excluding diaryl/α,β-unsaturated/α-hetero) is 1. The second-order valence-corrected chi connectivity index (χ2v) is 4.03. The van der Waals surface area contributed by atoms with Gasteiger partial charge in [0, 0.05) is 6.42 Å². The Bertz CT molecular complexity index is 528. The van der Waals surface area contributed by atoms with Crippen molar-refractivity contribution in [3.8, 4) is 0 Å². The fourth-order valence-electron chi connectivity index (χ4n) is 1.96. The molecule has 1 heterocycles. The summed E-state index contributed by atoms with van der Waals surface area (Å²) >= 11 is 0. The Kier molecular flexibility index (Phi) is 2.77. The van der Waals surface area contributed by atoms with Crippen LogP contribution in [0.15, 0.2) is 24.3 Å². The molecule has 0 aliphatic carbocycles. The summed E-state index contributed by atoms with van der Waals surface area (Å²) in [5.41, 5.74) is 2.01. The van der Waals surface area contributed by atoms with Crippen LogP contribution in [0.4, 0.5) is 0 Å². The molecule has 1 aromatic carbocycles. The highest BCUT2D eigenvalue weighted by molar-refractivity contribution is 5.83. The predicted octanol–water partition coefficient (Wildman–Crippen LogP) is 2.75. The first-order chi connectivity index (χ1) is 7.65. The van der Waals surface area contributed by atoms with E-state index in [-0.39, 0.29) is 11.8 Å². The van der Waals surface area contributed by atoms with Gasteiger partial charge in [-0.25, -0.2) is 4.98 Å². The number of hydrogen-bond donors (Lipinski definition) is 0. The van der Waals surface area contributed by atoms with Gasteiger partial charge < -0.3 is 4.57 Å². The summed E-state index contributed by atoms with van der Waals surface area (Å²) in [6, 6.07) is 7.81. The molecule has 16 heavy (non-hydrogen) atoms. The third-order valence-electron chi connectivity index (χ3n) is 2.96. The highest BCUT2D eigenvalue weighted by Crippen LogP contribution is 2.21. The van der Waals surface area contributed by atoms with Gasteiger partial charge in [0.2, 0.25) is 0 Å². The van der Waals surface area contributed by atoms with Crippen LogP contribution in [0.1, 0.15) is 32.6 Å². The fraction of sp³-hybridized carbons (Fsp3) is 0.385. The lowest BCUT2D eigenvalue weighted by atomic mass is 10.2. The van der Waals surface area contributed by atoms with Gasteiger partial charge in [0.05, 0.1) is 17.1 Å². The van der Waals surface area contributed by atoms with Gasteiger partial charge >= 0.3 is 0 Å². The normalized spacial score (nSPS) is 12.9. The number of carbonyl (C=O) groups is 1. The maximum absolute atomic E-state index is 11.5. The van der Waals surface area contributed by atoms with Crippen LogP contribution in [0.3, 0.4) is 0 Å². The summed E-state index contributed by atoms with van der Waals surface area (Å²) in [7, 11) is 0. The lowest BCUT2D eigenvalue weighted by molar-refractivity contribution is -0.119. The minimum absolute atomic E-state index is 0.137. The molecule has 0 N–H and O–H groups in total. The molecular formula is C13H16N2O. The summed E-state index contributed by atoms with van der Waals surface area (Å²) in [5.74, 6) is 1.14. The van der Waals surface area contributed by atoms with Crippen molar-refractivity contribution < 1.29 is 4.79 Å². The quantitative estimate of drug-likeness (QED) is 0.790. The molecule has 3 nitrogen and oxygen atoms in total. The van der Waals surface area contributed by atoms with Gasteiger partial charge in [0.1, 0.15) is 5.82 Å². The molecule has 1 atom stereocenters. The molecule has 2 rings (SSSR count). The van der Waals surface area contributed by atoms with Crippen LogP contribution in [0.2, 0.25) is 0 Å². The van der Waals surface area contributed by atoms with E-state index >= 15 is 0 Å². The summed E-state index contributed by atoms with van der Waals surface area (Å²) in [4.78, 5) is 16.1. The highest BCUT2D eigenvalue weighted by Gasteiger charge is 2.17. The predicted molar refractivity (Wildman–Crippen MR) is 64.5 cm³/mol. The second kappa shape index (κ2) is 4.08. The number of aromatic nitrogens is 2. The molecule has 1 aromatic heterocycles. The topological polar surface area (TPSA) is 34.9 Å². The molecule has 1 unspecified atom stereocenters. The average molecular weight is 216 g/mol. The average Bonchev–Trinajstić information content (AvgIpc) is 2.66. The molecule has 3 heteroatoms. The third kappa shape index (κ3) is 1.62. The van der Waals surface area contributed by atoms with E-state index in [0.29, 0.717) is 0 Å². The Balaban J connectivity index is 2.69. The molecule has 0 spiro atoms. The number of aryl methyl sites for hydroxylation is 1. The fourth-order valence-corrected chi connectivity index (χ4v) is 1.96. The zero-order valence-electron chi connectivity index (χ0n) is 9.90. The largest absolute Gasteiger partial charge is 0.318 e. The van der Waals surface area contributed by atoms with E-state index in [4.69, 9.17) is 0 Å². The van der Waals surface area contributed by atoms with Crippen LogP contribution < -0.4 is 0 Å². The Labute approximate surface area is 95.1 Å². The molecule has 0 amide bonds. The second-order valence-electron chi connectivity index (χ2n) is 4.03. The van der Waals surface area contributed by atoms with Crippen molar-refractivity contribution >= 4 is 16.8 Å². The molecule has 0 bridgehead atoms. The van der Waals surface area contributed by atoms with Gasteiger partial charge in [-0.15, -0.1) is 0 Å². The van der Waals surface area contributed by atoms with Gasteiger partial charge in [0.15, 0.2) is 5.78 Å². The third-order valence-corrected chi connectivity index (χ3v) is 2.96. The Morgan fingerprint density at radius 2 is 2.12 bits per heavy atom. The summed E-state index contributed by atoms with van der Waals surface area (Å²) in [5, 5.41) is 0. The number of rotatable bonds is 3. The molecule has 0 aliphatic rings. The monoisotopic (exact) mass is 216 g/mol. The van der Waals surface area contributed by atoms with Crippen molar-refractivity contribution in [3.63, 3.8) is 0 Å². The molecule has 2 aromatic rings.